The van der Waals surface area contributed by atoms with Crippen LogP contribution in [0.1, 0.15) is 21.8 Å². The number of ether oxygens (including phenoxy) is 3. The van der Waals surface area contributed by atoms with Crippen molar-refractivity contribution in [1.29, 1.82) is 0 Å². The maximum Gasteiger partial charge on any atom is 0.387 e. The third-order valence-corrected chi connectivity index (χ3v) is 6.93. The van der Waals surface area contributed by atoms with E-state index in [1.54, 1.807) is 18.2 Å². The van der Waals surface area contributed by atoms with E-state index in [0.29, 0.717) is 32.1 Å². The van der Waals surface area contributed by atoms with Crippen LogP contribution in [0.2, 0.25) is 0 Å². The van der Waals surface area contributed by atoms with E-state index in [4.69, 9.17) is 9.47 Å². The van der Waals surface area contributed by atoms with Gasteiger partial charge in [-0.3, -0.25) is 14.5 Å². The van der Waals surface area contributed by atoms with Crippen LogP contribution in [0.15, 0.2) is 54.6 Å². The summed E-state index contributed by atoms with van der Waals surface area (Å²) < 4.78 is 70.1. The van der Waals surface area contributed by atoms with Crippen LogP contribution in [0.3, 0.4) is 0 Å². The first-order valence-electron chi connectivity index (χ1n) is 12.7. The van der Waals surface area contributed by atoms with Crippen molar-refractivity contribution in [3.8, 4) is 11.5 Å². The van der Waals surface area contributed by atoms with E-state index in [1.165, 1.54) is 36.3 Å². The Kier molecular flexibility index (Phi) is 8.24. The Morgan fingerprint density at radius 2 is 1.68 bits per heavy atom. The van der Waals surface area contributed by atoms with Gasteiger partial charge in [0.05, 0.1) is 20.3 Å². The molecule has 3 aromatic rings. The molecule has 5 rings (SSSR count). The molecule has 2 aromatic carbocycles. The lowest BCUT2D eigenvalue weighted by molar-refractivity contribution is -0.118. The summed E-state index contributed by atoms with van der Waals surface area (Å²) in [4.78, 5) is 34.7. The number of hydrogen-bond donors (Lipinski definition) is 1. The molecular weight excluding hydrogens is 548 g/mol. The largest absolute Gasteiger partial charge is 0.497 e. The van der Waals surface area contributed by atoms with E-state index in [0.717, 1.165) is 12.1 Å². The number of aromatic nitrogens is 1. The molecule has 0 aliphatic carbocycles. The van der Waals surface area contributed by atoms with Gasteiger partial charge < -0.3 is 24.4 Å². The summed E-state index contributed by atoms with van der Waals surface area (Å²) >= 11 is 0. The van der Waals surface area contributed by atoms with Crippen LogP contribution < -0.4 is 24.6 Å². The predicted octanol–water partition coefficient (Wildman–Crippen LogP) is 3.74. The molecule has 2 fully saturated rings. The van der Waals surface area contributed by atoms with Crippen LogP contribution in [0.5, 0.6) is 11.5 Å². The molecule has 0 bridgehead atoms. The molecule has 13 heteroatoms. The smallest absolute Gasteiger partial charge is 0.387 e. The minimum Gasteiger partial charge on any atom is -0.497 e. The van der Waals surface area contributed by atoms with Crippen molar-refractivity contribution in [2.45, 2.75) is 18.6 Å². The number of carbonyl (C=O) groups excluding carboxylic acids is 2. The molecule has 2 saturated heterocycles. The molecule has 3 heterocycles. The summed E-state index contributed by atoms with van der Waals surface area (Å²) in [6.07, 6.45) is 0. The fraction of sp³-hybridized carbons (Fsp3) is 0.321. The van der Waals surface area contributed by atoms with Gasteiger partial charge in [0, 0.05) is 48.8 Å². The maximum atomic E-state index is 15.2. The first-order valence-corrected chi connectivity index (χ1v) is 12.7. The van der Waals surface area contributed by atoms with Gasteiger partial charge in [0.1, 0.15) is 40.8 Å². The van der Waals surface area contributed by atoms with E-state index in [9.17, 15) is 18.4 Å². The summed E-state index contributed by atoms with van der Waals surface area (Å²) in [5.74, 6) is -3.73. The van der Waals surface area contributed by atoms with E-state index in [1.807, 2.05) is 4.90 Å². The first kappa shape index (κ1) is 28.1. The number of carbonyl (C=O) groups is 2. The second kappa shape index (κ2) is 12.0. The van der Waals surface area contributed by atoms with Gasteiger partial charge in [-0.05, 0) is 36.4 Å². The Morgan fingerprint density at radius 1 is 1.02 bits per heavy atom. The maximum absolute atomic E-state index is 15.2. The third kappa shape index (κ3) is 6.04. The summed E-state index contributed by atoms with van der Waals surface area (Å²) in [5, 5.41) is 2.58. The van der Waals surface area contributed by atoms with Crippen molar-refractivity contribution in [2.24, 2.45) is 0 Å². The number of amides is 2. The topological polar surface area (TPSA) is 93.2 Å². The Labute approximate surface area is 232 Å². The molecule has 9 nitrogen and oxygen atoms in total. The zero-order chi connectivity index (χ0) is 29.1. The lowest BCUT2D eigenvalue weighted by Crippen LogP contribution is -2.44. The molecule has 216 valence electrons. The van der Waals surface area contributed by atoms with Gasteiger partial charge in [-0.2, -0.15) is 8.78 Å². The SMILES string of the molecule is COc1cc(F)c([C@@H]2CN(c3cccc(N4CCOCC4)n3)C(=O)[C@H]2NC(=O)c2ccc(OC(F)F)cc2)c(F)c1. The highest BCUT2D eigenvalue weighted by molar-refractivity contribution is 6.04. The number of nitrogens with one attached hydrogen (secondary N) is 1. The zero-order valence-electron chi connectivity index (χ0n) is 21.9. The monoisotopic (exact) mass is 574 g/mol. The minimum atomic E-state index is -3.04. The molecule has 0 saturated carbocycles. The number of benzene rings is 2. The molecule has 0 radical (unpaired) electrons. The molecule has 1 aromatic heterocycles. The summed E-state index contributed by atoms with van der Waals surface area (Å²) in [5.41, 5.74) is -0.364. The quantitative estimate of drug-likeness (QED) is 0.410. The lowest BCUT2D eigenvalue weighted by Gasteiger charge is -2.28. The molecule has 0 unspecified atom stereocenters. The minimum absolute atomic E-state index is 0.0275. The van der Waals surface area contributed by atoms with Gasteiger partial charge in [-0.25, -0.2) is 13.8 Å². The van der Waals surface area contributed by atoms with E-state index in [2.05, 4.69) is 15.0 Å². The van der Waals surface area contributed by atoms with Crippen molar-refractivity contribution in [3.05, 3.63) is 77.4 Å². The normalized spacial score (nSPS) is 19.0. The van der Waals surface area contributed by atoms with Gasteiger partial charge in [0.15, 0.2) is 0 Å². The van der Waals surface area contributed by atoms with E-state index >= 15 is 8.78 Å². The van der Waals surface area contributed by atoms with Crippen molar-refractivity contribution in [3.63, 3.8) is 0 Å². The molecule has 2 aliphatic heterocycles. The Bertz CT molecular complexity index is 1400. The molecule has 2 amide bonds. The zero-order valence-corrected chi connectivity index (χ0v) is 21.9. The van der Waals surface area contributed by atoms with Crippen LogP contribution >= 0.6 is 0 Å². The fourth-order valence-electron chi connectivity index (χ4n) is 4.94. The van der Waals surface area contributed by atoms with Gasteiger partial charge in [0.2, 0.25) is 0 Å². The first-order chi connectivity index (χ1) is 19.7. The van der Waals surface area contributed by atoms with Crippen molar-refractivity contribution in [2.75, 3.05) is 49.8 Å². The Balaban J connectivity index is 1.46. The highest BCUT2D eigenvalue weighted by atomic mass is 19.3. The van der Waals surface area contributed by atoms with E-state index in [-0.39, 0.29) is 29.4 Å². The second-order valence-electron chi connectivity index (χ2n) is 9.37. The molecule has 1 N–H and O–H groups in total. The number of alkyl halides is 2. The highest BCUT2D eigenvalue weighted by Crippen LogP contribution is 2.36. The van der Waals surface area contributed by atoms with Crippen molar-refractivity contribution in [1.82, 2.24) is 10.3 Å². The van der Waals surface area contributed by atoms with Crippen molar-refractivity contribution >= 4 is 23.5 Å². The molecular formula is C28H26F4N4O5. The molecule has 2 atom stereocenters. The van der Waals surface area contributed by atoms with Crippen LogP contribution in [0, 0.1) is 11.6 Å². The second-order valence-corrected chi connectivity index (χ2v) is 9.37. The molecule has 41 heavy (non-hydrogen) atoms. The Morgan fingerprint density at radius 3 is 2.32 bits per heavy atom. The number of nitrogens with zero attached hydrogens (tertiary/aromatic N) is 3. The number of morpholine rings is 1. The van der Waals surface area contributed by atoms with Crippen molar-refractivity contribution < 1.29 is 41.4 Å². The number of halogens is 4. The van der Waals surface area contributed by atoms with Crippen LogP contribution in [-0.4, -0.2) is 69.4 Å². The highest BCUT2D eigenvalue weighted by Gasteiger charge is 2.45. The number of hydrogen-bond acceptors (Lipinski definition) is 7. The van der Waals surface area contributed by atoms with Crippen LogP contribution in [-0.2, 0) is 9.53 Å². The van der Waals surface area contributed by atoms with Gasteiger partial charge in [-0.15, -0.1) is 0 Å². The third-order valence-electron chi connectivity index (χ3n) is 6.93. The van der Waals surface area contributed by atoms with Gasteiger partial charge in [0.25, 0.3) is 11.8 Å². The number of anilines is 2. The number of rotatable bonds is 8. The van der Waals surface area contributed by atoms with E-state index < -0.39 is 47.6 Å². The molecule has 0 spiro atoms. The molecule has 2 aliphatic rings. The predicted molar refractivity (Wildman–Crippen MR) is 140 cm³/mol. The number of pyridine rings is 1. The van der Waals surface area contributed by atoms with Gasteiger partial charge >= 0.3 is 6.61 Å². The van der Waals surface area contributed by atoms with Gasteiger partial charge in [-0.1, -0.05) is 6.07 Å². The van der Waals surface area contributed by atoms with Crippen LogP contribution in [0.4, 0.5) is 29.2 Å². The lowest BCUT2D eigenvalue weighted by atomic mass is 9.92. The average molecular weight is 575 g/mol. The summed E-state index contributed by atoms with van der Waals surface area (Å²) in [7, 11) is 1.27. The Hall–Kier alpha value is -4.39. The summed E-state index contributed by atoms with van der Waals surface area (Å²) in [6.45, 7) is -0.955. The summed E-state index contributed by atoms with van der Waals surface area (Å²) in [6, 6.07) is 10.6. The number of methoxy groups -OCH3 is 1. The average Bonchev–Trinajstić information content (AvgIpc) is 3.28. The standard InChI is InChI=1S/C28H26F4N4O5/c1-39-18-13-20(29)24(21(30)14-18)19-15-36(23-4-2-3-22(33-23)35-9-11-40-12-10-35)27(38)25(19)34-26(37)16-5-7-17(8-6-16)41-28(31)32/h2-8,13-14,19,25,28H,9-12,15H2,1H3,(H,34,37)/t19-,25-/m0/s1. The van der Waals surface area contributed by atoms with Crippen LogP contribution in [0.25, 0.3) is 0 Å². The fourth-order valence-corrected chi connectivity index (χ4v) is 4.94.